The van der Waals surface area contributed by atoms with Gasteiger partial charge in [-0.1, -0.05) is 85.7 Å². The molecule has 0 bridgehead atoms. The predicted molar refractivity (Wildman–Crippen MR) is 130 cm³/mol. The molecule has 2 aromatic carbocycles. The van der Waals surface area contributed by atoms with E-state index in [1.54, 1.807) is 11.3 Å². The largest absolute Gasteiger partial charge is 0.486 e. The molecule has 3 heteroatoms. The normalized spacial score (nSPS) is 12.4. The molecule has 2 heterocycles. The maximum Gasteiger partial charge on any atom is 0.161 e. The zero-order chi connectivity index (χ0) is 21.9. The Morgan fingerprint density at radius 1 is 0.621 bits per heavy atom. The van der Waals surface area contributed by atoms with E-state index in [-0.39, 0.29) is 0 Å². The highest BCUT2D eigenvalue weighted by atomic mass is 32.1. The van der Waals surface area contributed by atoms with Crippen molar-refractivity contribution in [1.29, 1.82) is 0 Å². The molecule has 160 valence electrons. The van der Waals surface area contributed by atoms with Gasteiger partial charge in [0.1, 0.15) is 13.2 Å². The van der Waals surface area contributed by atoms with Gasteiger partial charge < -0.3 is 9.47 Å². The monoisotopic (exact) mass is 414 g/mol. The van der Waals surface area contributed by atoms with Gasteiger partial charge in [0.25, 0.3) is 0 Å². The Kier molecular flexibility index (Phi) is 10.2. The summed E-state index contributed by atoms with van der Waals surface area (Å²) in [5.74, 6) is 1.71. The second kappa shape index (κ2) is 11.9. The number of ether oxygens (including phenoxy) is 2. The van der Waals surface area contributed by atoms with E-state index in [2.05, 4.69) is 91.1 Å². The van der Waals surface area contributed by atoms with Crippen molar-refractivity contribution >= 4 is 21.4 Å². The maximum atomic E-state index is 5.30. The van der Waals surface area contributed by atoms with E-state index in [4.69, 9.17) is 9.47 Å². The van der Waals surface area contributed by atoms with Gasteiger partial charge in [-0.15, -0.1) is 11.3 Å². The molecule has 0 aliphatic carbocycles. The Morgan fingerprint density at radius 2 is 1.03 bits per heavy atom. The highest BCUT2D eigenvalue weighted by Gasteiger charge is 2.08. The van der Waals surface area contributed by atoms with E-state index < -0.39 is 0 Å². The number of hydrogen-bond acceptors (Lipinski definition) is 3. The fourth-order valence-corrected chi connectivity index (χ4v) is 2.69. The van der Waals surface area contributed by atoms with Crippen LogP contribution in [0.3, 0.4) is 0 Å². The van der Waals surface area contributed by atoms with Crippen LogP contribution >= 0.6 is 11.3 Å². The number of hydrogen-bond donors (Lipinski definition) is 0. The van der Waals surface area contributed by atoms with Crippen LogP contribution in [-0.2, 0) is 0 Å². The molecule has 1 aliphatic rings. The molecule has 4 rings (SSSR count). The van der Waals surface area contributed by atoms with Crippen LogP contribution in [0.15, 0.2) is 60.0 Å². The van der Waals surface area contributed by atoms with E-state index in [0.29, 0.717) is 24.0 Å². The minimum Gasteiger partial charge on any atom is -0.486 e. The number of benzene rings is 2. The number of fused-ring (bicyclic) bond motifs is 2. The van der Waals surface area contributed by atoms with Crippen LogP contribution in [0.5, 0.6) is 11.5 Å². The molecular formula is C26H38O2S. The molecule has 29 heavy (non-hydrogen) atoms. The molecule has 0 saturated heterocycles. The quantitative estimate of drug-likeness (QED) is 0.367. The Hall–Kier alpha value is -2.00. The van der Waals surface area contributed by atoms with Crippen molar-refractivity contribution in [1.82, 2.24) is 0 Å². The first-order chi connectivity index (χ1) is 13.4. The van der Waals surface area contributed by atoms with Crippen LogP contribution in [0.2, 0.25) is 0 Å². The average molecular weight is 415 g/mol. The topological polar surface area (TPSA) is 18.5 Å². The van der Waals surface area contributed by atoms with Crippen LogP contribution < -0.4 is 9.47 Å². The molecule has 0 spiro atoms. The van der Waals surface area contributed by atoms with Crippen LogP contribution in [0, 0.1) is 10.8 Å². The molecule has 3 aromatic rings. The lowest BCUT2D eigenvalue weighted by Gasteiger charge is -2.17. The minimum absolute atomic E-state index is 0.500. The molecule has 0 N–H and O–H groups in total. The zero-order valence-corrected chi connectivity index (χ0v) is 20.2. The molecule has 0 saturated carbocycles. The van der Waals surface area contributed by atoms with Crippen molar-refractivity contribution in [3.05, 3.63) is 60.0 Å². The first-order valence-corrected chi connectivity index (χ1v) is 11.1. The van der Waals surface area contributed by atoms with Crippen molar-refractivity contribution in [3.63, 3.8) is 0 Å². The van der Waals surface area contributed by atoms with Gasteiger partial charge in [0.05, 0.1) is 0 Å². The highest BCUT2D eigenvalue weighted by molar-refractivity contribution is 7.17. The highest BCUT2D eigenvalue weighted by Crippen LogP contribution is 2.28. The van der Waals surface area contributed by atoms with Gasteiger partial charge in [-0.25, -0.2) is 0 Å². The van der Waals surface area contributed by atoms with Gasteiger partial charge in [0.15, 0.2) is 11.5 Å². The molecule has 0 radical (unpaired) electrons. The summed E-state index contributed by atoms with van der Waals surface area (Å²) in [5.41, 5.74) is 1.00. The first-order valence-electron chi connectivity index (χ1n) is 10.2. The van der Waals surface area contributed by atoms with Gasteiger partial charge in [-0.2, -0.15) is 0 Å². The van der Waals surface area contributed by atoms with Crippen molar-refractivity contribution in [3.8, 4) is 11.5 Å². The average Bonchev–Trinajstić information content (AvgIpc) is 3.08. The zero-order valence-electron chi connectivity index (χ0n) is 19.4. The molecule has 0 atom stereocenters. The molecule has 0 amide bonds. The summed E-state index contributed by atoms with van der Waals surface area (Å²) < 4.78 is 12.0. The SMILES string of the molecule is CC(C)(C)C.CC(C)(C)C.c1ccc2c(c1)OCCO2.c1ccc2sccc2c1. The Balaban J connectivity index is 0.000000205. The summed E-state index contributed by atoms with van der Waals surface area (Å²) >= 11 is 1.79. The summed E-state index contributed by atoms with van der Waals surface area (Å²) in [7, 11) is 0. The molecular weight excluding hydrogens is 376 g/mol. The van der Waals surface area contributed by atoms with Gasteiger partial charge in [0, 0.05) is 4.70 Å². The van der Waals surface area contributed by atoms with Crippen LogP contribution in [0.25, 0.3) is 10.1 Å². The predicted octanol–water partition coefficient (Wildman–Crippen LogP) is 8.46. The van der Waals surface area contributed by atoms with Gasteiger partial charge in [0.2, 0.25) is 0 Å². The van der Waals surface area contributed by atoms with Crippen LogP contribution in [0.1, 0.15) is 55.4 Å². The summed E-state index contributed by atoms with van der Waals surface area (Å²) in [6, 6.07) is 18.2. The van der Waals surface area contributed by atoms with Crippen LogP contribution in [-0.4, -0.2) is 13.2 Å². The lowest BCUT2D eigenvalue weighted by atomic mass is 10.0. The Morgan fingerprint density at radius 3 is 1.48 bits per heavy atom. The number of para-hydroxylation sites is 2. The van der Waals surface area contributed by atoms with Crippen molar-refractivity contribution in [2.75, 3.05) is 13.2 Å². The fourth-order valence-electron chi connectivity index (χ4n) is 1.90. The minimum atomic E-state index is 0.500. The third-order valence-corrected chi connectivity index (χ3v) is 3.71. The summed E-state index contributed by atoms with van der Waals surface area (Å²) in [4.78, 5) is 0. The smallest absolute Gasteiger partial charge is 0.161 e. The second-order valence-electron chi connectivity index (χ2n) is 10.1. The summed E-state index contributed by atoms with van der Waals surface area (Å²) in [6.07, 6.45) is 0. The molecule has 2 nitrogen and oxygen atoms in total. The van der Waals surface area contributed by atoms with Crippen molar-refractivity contribution in [2.24, 2.45) is 10.8 Å². The first kappa shape index (κ1) is 25.0. The van der Waals surface area contributed by atoms with E-state index in [1.165, 1.54) is 10.1 Å². The van der Waals surface area contributed by atoms with Gasteiger partial charge in [-0.05, 0) is 45.9 Å². The summed E-state index contributed by atoms with van der Waals surface area (Å²) in [6.45, 7) is 18.8. The summed E-state index contributed by atoms with van der Waals surface area (Å²) in [5, 5.41) is 3.47. The van der Waals surface area contributed by atoms with E-state index in [0.717, 1.165) is 11.5 Å². The lowest BCUT2D eigenvalue weighted by Crippen LogP contribution is -2.14. The third-order valence-electron chi connectivity index (χ3n) is 2.81. The second-order valence-corrected chi connectivity index (χ2v) is 11.0. The van der Waals surface area contributed by atoms with Crippen molar-refractivity contribution < 1.29 is 9.47 Å². The Bertz CT molecular complexity index is 743. The molecule has 1 aliphatic heterocycles. The lowest BCUT2D eigenvalue weighted by molar-refractivity contribution is 0.171. The standard InChI is InChI=1S/C8H8O2.C8H6S.2C5H12/c1-2-4-8-7(3-1)9-5-6-10-8;1-2-4-8-7(3-1)5-6-9-8;2*1-5(2,3)4/h1-4H,5-6H2;1-6H;2*1-4H3. The van der Waals surface area contributed by atoms with E-state index in [9.17, 15) is 0 Å². The fraction of sp³-hybridized carbons (Fsp3) is 0.462. The molecule has 1 aromatic heterocycles. The van der Waals surface area contributed by atoms with E-state index >= 15 is 0 Å². The van der Waals surface area contributed by atoms with Gasteiger partial charge >= 0.3 is 0 Å². The molecule has 0 fully saturated rings. The van der Waals surface area contributed by atoms with Gasteiger partial charge in [-0.3, -0.25) is 0 Å². The third kappa shape index (κ3) is 13.8. The molecule has 0 unspecified atom stereocenters. The van der Waals surface area contributed by atoms with Crippen molar-refractivity contribution in [2.45, 2.75) is 55.4 Å². The maximum absolute atomic E-state index is 5.30. The Labute approximate surface area is 181 Å². The number of thiophene rings is 1. The number of rotatable bonds is 0. The van der Waals surface area contributed by atoms with Crippen LogP contribution in [0.4, 0.5) is 0 Å². The van der Waals surface area contributed by atoms with E-state index in [1.807, 2.05) is 24.3 Å².